The third-order valence-electron chi connectivity index (χ3n) is 4.19. The average molecular weight is 297 g/mol. The Kier molecular flexibility index (Phi) is 3.17. The first kappa shape index (κ1) is 13.7. The third kappa shape index (κ3) is 2.38. The molecule has 6 heteroatoms. The first-order valence-electron chi connectivity index (χ1n) is 6.74. The molecule has 0 atom stereocenters. The van der Waals surface area contributed by atoms with E-state index >= 15 is 0 Å². The van der Waals surface area contributed by atoms with Crippen molar-refractivity contribution in [1.29, 1.82) is 0 Å². The summed E-state index contributed by atoms with van der Waals surface area (Å²) >= 11 is 0. The number of hydrogen-bond donors (Lipinski definition) is 1. The van der Waals surface area contributed by atoms with E-state index in [0.717, 1.165) is 12.8 Å². The van der Waals surface area contributed by atoms with E-state index in [1.54, 1.807) is 7.11 Å². The van der Waals surface area contributed by atoms with Gasteiger partial charge in [-0.3, -0.25) is 0 Å². The van der Waals surface area contributed by atoms with E-state index in [1.165, 1.54) is 5.56 Å². The average Bonchev–Trinajstić information content (AvgIpc) is 3.18. The van der Waals surface area contributed by atoms with Gasteiger partial charge in [-0.25, -0.2) is 8.42 Å². The third-order valence-corrected chi connectivity index (χ3v) is 5.95. The Morgan fingerprint density at radius 2 is 2.00 bits per heavy atom. The number of ether oxygens (including phenoxy) is 2. The molecule has 20 heavy (non-hydrogen) atoms. The SMILES string of the molecule is COc1cc(C2(CN)CC2)ccc1OC1CS(=O)(=O)C1. The standard InChI is InChI=1S/C14H19NO4S/c1-18-13-6-10(14(9-15)4-5-14)2-3-12(13)19-11-7-20(16,17)8-11/h2-3,6,11H,4-5,7-9,15H2,1H3. The number of benzene rings is 1. The summed E-state index contributed by atoms with van der Waals surface area (Å²) in [5, 5.41) is 0. The van der Waals surface area contributed by atoms with Gasteiger partial charge in [0, 0.05) is 12.0 Å². The van der Waals surface area contributed by atoms with Crippen molar-refractivity contribution in [3.63, 3.8) is 0 Å². The van der Waals surface area contributed by atoms with Crippen molar-refractivity contribution < 1.29 is 17.9 Å². The van der Waals surface area contributed by atoms with E-state index in [9.17, 15) is 8.42 Å². The predicted molar refractivity (Wildman–Crippen MR) is 76.0 cm³/mol. The molecule has 110 valence electrons. The molecule has 0 spiro atoms. The molecule has 2 N–H and O–H groups in total. The van der Waals surface area contributed by atoms with Crippen molar-refractivity contribution in [3.05, 3.63) is 23.8 Å². The fourth-order valence-corrected chi connectivity index (χ4v) is 3.79. The molecular formula is C14H19NO4S. The molecule has 2 fully saturated rings. The van der Waals surface area contributed by atoms with Gasteiger partial charge in [-0.05, 0) is 30.5 Å². The fraction of sp³-hybridized carbons (Fsp3) is 0.571. The highest BCUT2D eigenvalue weighted by Gasteiger charge is 2.43. The summed E-state index contributed by atoms with van der Waals surface area (Å²) in [6.45, 7) is 0.636. The number of methoxy groups -OCH3 is 1. The van der Waals surface area contributed by atoms with Crippen molar-refractivity contribution in [2.24, 2.45) is 5.73 Å². The Morgan fingerprint density at radius 1 is 1.30 bits per heavy atom. The van der Waals surface area contributed by atoms with Crippen LogP contribution in [0.2, 0.25) is 0 Å². The van der Waals surface area contributed by atoms with Crippen LogP contribution in [0, 0.1) is 0 Å². The summed E-state index contributed by atoms with van der Waals surface area (Å²) in [5.41, 5.74) is 7.11. The highest BCUT2D eigenvalue weighted by Crippen LogP contribution is 2.49. The normalized spacial score (nSPS) is 22.9. The van der Waals surface area contributed by atoms with Gasteiger partial charge in [0.25, 0.3) is 0 Å². The monoisotopic (exact) mass is 297 g/mol. The molecule has 1 saturated carbocycles. The van der Waals surface area contributed by atoms with Crippen molar-refractivity contribution in [3.8, 4) is 11.5 Å². The molecule has 2 aliphatic rings. The zero-order valence-electron chi connectivity index (χ0n) is 11.5. The lowest BCUT2D eigenvalue weighted by Crippen LogP contribution is -2.45. The van der Waals surface area contributed by atoms with Crippen LogP contribution in [0.1, 0.15) is 18.4 Å². The van der Waals surface area contributed by atoms with Gasteiger partial charge in [-0.1, -0.05) is 6.07 Å². The van der Waals surface area contributed by atoms with Crippen LogP contribution in [0.15, 0.2) is 18.2 Å². The van der Waals surface area contributed by atoms with Gasteiger partial charge in [-0.15, -0.1) is 0 Å². The van der Waals surface area contributed by atoms with Crippen molar-refractivity contribution >= 4 is 9.84 Å². The lowest BCUT2D eigenvalue weighted by Gasteiger charge is -2.27. The maximum absolute atomic E-state index is 11.1. The zero-order chi connectivity index (χ0) is 14.4. The lowest BCUT2D eigenvalue weighted by molar-refractivity contribution is 0.219. The molecule has 1 aliphatic heterocycles. The van der Waals surface area contributed by atoms with E-state index in [-0.39, 0.29) is 23.0 Å². The van der Waals surface area contributed by atoms with Gasteiger partial charge in [0.05, 0.1) is 18.6 Å². The molecule has 0 radical (unpaired) electrons. The Labute approximate surface area is 119 Å². The summed E-state index contributed by atoms with van der Waals surface area (Å²) in [6, 6.07) is 5.82. The molecule has 1 saturated heterocycles. The van der Waals surface area contributed by atoms with Gasteiger partial charge >= 0.3 is 0 Å². The second-order valence-corrected chi connectivity index (χ2v) is 7.82. The zero-order valence-corrected chi connectivity index (χ0v) is 12.3. The molecular weight excluding hydrogens is 278 g/mol. The van der Waals surface area contributed by atoms with Gasteiger partial charge in [-0.2, -0.15) is 0 Å². The second kappa shape index (κ2) is 4.63. The topological polar surface area (TPSA) is 78.6 Å². The lowest BCUT2D eigenvalue weighted by atomic mass is 9.96. The van der Waals surface area contributed by atoms with Crippen LogP contribution in [0.3, 0.4) is 0 Å². The molecule has 1 aromatic carbocycles. The summed E-state index contributed by atoms with van der Waals surface area (Å²) in [7, 11) is -1.29. The Morgan fingerprint density at radius 3 is 2.50 bits per heavy atom. The first-order valence-corrected chi connectivity index (χ1v) is 8.56. The van der Waals surface area contributed by atoms with E-state index in [4.69, 9.17) is 15.2 Å². The van der Waals surface area contributed by atoms with Crippen LogP contribution in [-0.4, -0.2) is 39.7 Å². The number of hydrogen-bond acceptors (Lipinski definition) is 5. The Balaban J connectivity index is 1.78. The van der Waals surface area contributed by atoms with Gasteiger partial charge in [0.2, 0.25) is 0 Å². The molecule has 5 nitrogen and oxygen atoms in total. The molecule has 0 unspecified atom stereocenters. The minimum Gasteiger partial charge on any atom is -0.493 e. The molecule has 1 aliphatic carbocycles. The maximum Gasteiger partial charge on any atom is 0.161 e. The van der Waals surface area contributed by atoms with Gasteiger partial charge in [0.1, 0.15) is 6.10 Å². The van der Waals surface area contributed by atoms with E-state index < -0.39 is 9.84 Å². The minimum atomic E-state index is -2.88. The number of sulfone groups is 1. The largest absolute Gasteiger partial charge is 0.493 e. The van der Waals surface area contributed by atoms with Crippen molar-refractivity contribution in [2.75, 3.05) is 25.2 Å². The van der Waals surface area contributed by atoms with E-state index in [0.29, 0.717) is 18.0 Å². The maximum atomic E-state index is 11.1. The smallest absolute Gasteiger partial charge is 0.161 e. The van der Waals surface area contributed by atoms with Crippen molar-refractivity contribution in [1.82, 2.24) is 0 Å². The van der Waals surface area contributed by atoms with Crippen LogP contribution in [0.25, 0.3) is 0 Å². The highest BCUT2D eigenvalue weighted by molar-refractivity contribution is 7.92. The van der Waals surface area contributed by atoms with Crippen LogP contribution < -0.4 is 15.2 Å². The minimum absolute atomic E-state index is 0.0879. The summed E-state index contributed by atoms with van der Waals surface area (Å²) in [4.78, 5) is 0. The van der Waals surface area contributed by atoms with Crippen LogP contribution >= 0.6 is 0 Å². The molecule has 1 aromatic rings. The molecule has 3 rings (SSSR count). The van der Waals surface area contributed by atoms with Crippen molar-refractivity contribution in [2.45, 2.75) is 24.4 Å². The molecule has 0 amide bonds. The summed E-state index contributed by atoms with van der Waals surface area (Å²) < 4.78 is 33.4. The number of rotatable bonds is 5. The summed E-state index contributed by atoms with van der Waals surface area (Å²) in [6.07, 6.45) is 1.95. The second-order valence-electron chi connectivity index (χ2n) is 5.67. The molecule has 0 aromatic heterocycles. The van der Waals surface area contributed by atoms with E-state index in [1.807, 2.05) is 18.2 Å². The quantitative estimate of drug-likeness (QED) is 0.872. The van der Waals surface area contributed by atoms with Gasteiger partial charge in [0.15, 0.2) is 21.3 Å². The number of nitrogens with two attached hydrogens (primary N) is 1. The van der Waals surface area contributed by atoms with Crippen LogP contribution in [-0.2, 0) is 15.3 Å². The Bertz CT molecular complexity index is 610. The first-order chi connectivity index (χ1) is 9.48. The van der Waals surface area contributed by atoms with Crippen LogP contribution in [0.4, 0.5) is 0 Å². The Hall–Kier alpha value is -1.27. The van der Waals surface area contributed by atoms with E-state index in [2.05, 4.69) is 0 Å². The predicted octanol–water partition coefficient (Wildman–Crippen LogP) is 0.861. The molecule has 0 bridgehead atoms. The molecule has 1 heterocycles. The summed E-state index contributed by atoms with van der Waals surface area (Å²) in [5.74, 6) is 1.42. The van der Waals surface area contributed by atoms with Crippen LogP contribution in [0.5, 0.6) is 11.5 Å². The highest BCUT2D eigenvalue weighted by atomic mass is 32.2. The fourth-order valence-electron chi connectivity index (χ4n) is 2.62. The van der Waals surface area contributed by atoms with Gasteiger partial charge < -0.3 is 15.2 Å².